The van der Waals surface area contributed by atoms with Gasteiger partial charge in [-0.15, -0.1) is 0 Å². The molecule has 2 aromatic rings. The van der Waals surface area contributed by atoms with Crippen molar-refractivity contribution in [3.8, 4) is 5.75 Å². The van der Waals surface area contributed by atoms with Crippen LogP contribution in [0, 0.1) is 5.92 Å². The van der Waals surface area contributed by atoms with Crippen LogP contribution in [-0.2, 0) is 4.79 Å². The van der Waals surface area contributed by atoms with Gasteiger partial charge in [-0.25, -0.2) is 0 Å². The average molecular weight is 518 g/mol. The molecular formula is C27H29Cl2NO5. The summed E-state index contributed by atoms with van der Waals surface area (Å²) in [5, 5.41) is 12.7. The topological polar surface area (TPSA) is 92.7 Å². The highest BCUT2D eigenvalue weighted by molar-refractivity contribution is 6.42. The fourth-order valence-electron chi connectivity index (χ4n) is 4.55. The maximum Gasteiger partial charge on any atom is 0.306 e. The molecule has 1 amide bonds. The van der Waals surface area contributed by atoms with Crippen LogP contribution in [0.3, 0.4) is 0 Å². The maximum atomic E-state index is 13.0. The van der Waals surface area contributed by atoms with Crippen molar-refractivity contribution in [1.82, 2.24) is 5.32 Å². The fourth-order valence-corrected chi connectivity index (χ4v) is 4.84. The van der Waals surface area contributed by atoms with E-state index in [0.29, 0.717) is 53.8 Å². The van der Waals surface area contributed by atoms with Gasteiger partial charge in [0.25, 0.3) is 5.91 Å². The number of carbonyl (C=O) groups excluding carboxylic acids is 2. The molecule has 0 aromatic heterocycles. The maximum absolute atomic E-state index is 13.0. The standard InChI is InChI=1S/C27H29Cl2NO5/c28-23-12-7-18(14-24(23)29)26(32)30-13-1-2-25(31)21-11-10-20(15-22(21)16-3-4-16)35-19-8-5-17(6-9-19)27(33)34/h7,10-12,14-17,19H,1-6,8-9,13H2,(H,30,32)(H,33,34). The Kier molecular flexibility index (Phi) is 8.34. The predicted octanol–water partition coefficient (Wildman–Crippen LogP) is 6.29. The lowest BCUT2D eigenvalue weighted by Crippen LogP contribution is -2.27. The second-order valence-electron chi connectivity index (χ2n) is 9.36. The van der Waals surface area contributed by atoms with Crippen molar-refractivity contribution in [2.75, 3.05) is 6.54 Å². The molecule has 35 heavy (non-hydrogen) atoms. The summed E-state index contributed by atoms with van der Waals surface area (Å²) in [4.78, 5) is 36.4. The van der Waals surface area contributed by atoms with E-state index in [-0.39, 0.29) is 23.7 Å². The molecule has 0 saturated heterocycles. The van der Waals surface area contributed by atoms with Crippen LogP contribution in [0.5, 0.6) is 5.75 Å². The number of carboxylic acids is 1. The number of Topliss-reactive ketones (excluding diaryl/α,β-unsaturated/α-hetero) is 1. The number of amides is 1. The van der Waals surface area contributed by atoms with Crippen molar-refractivity contribution in [2.24, 2.45) is 5.92 Å². The van der Waals surface area contributed by atoms with Crippen LogP contribution in [0.15, 0.2) is 36.4 Å². The molecule has 0 atom stereocenters. The molecule has 0 radical (unpaired) electrons. The van der Waals surface area contributed by atoms with Crippen LogP contribution in [0.25, 0.3) is 0 Å². The van der Waals surface area contributed by atoms with Crippen LogP contribution in [-0.4, -0.2) is 35.4 Å². The third kappa shape index (κ3) is 6.77. The smallest absolute Gasteiger partial charge is 0.306 e. The van der Waals surface area contributed by atoms with Gasteiger partial charge >= 0.3 is 5.97 Å². The summed E-state index contributed by atoms with van der Waals surface area (Å²) in [5.74, 6) is -0.0644. The minimum Gasteiger partial charge on any atom is -0.490 e. The lowest BCUT2D eigenvalue weighted by molar-refractivity contribution is -0.143. The second kappa shape index (κ2) is 11.4. The van der Waals surface area contributed by atoms with Crippen LogP contribution in [0.1, 0.15) is 83.6 Å². The number of carbonyl (C=O) groups is 3. The Morgan fingerprint density at radius 1 is 0.943 bits per heavy atom. The number of carboxylic acid groups (broad SMARTS) is 1. The number of aliphatic carboxylic acids is 1. The van der Waals surface area contributed by atoms with Crippen molar-refractivity contribution in [3.63, 3.8) is 0 Å². The van der Waals surface area contributed by atoms with E-state index in [2.05, 4.69) is 5.32 Å². The van der Waals surface area contributed by atoms with Gasteiger partial charge in [0, 0.05) is 24.1 Å². The van der Waals surface area contributed by atoms with Crippen molar-refractivity contribution in [2.45, 2.75) is 63.4 Å². The zero-order chi connectivity index (χ0) is 24.9. The van der Waals surface area contributed by atoms with E-state index in [0.717, 1.165) is 42.6 Å². The highest BCUT2D eigenvalue weighted by atomic mass is 35.5. The van der Waals surface area contributed by atoms with Gasteiger partial charge in [0.05, 0.1) is 22.1 Å². The van der Waals surface area contributed by atoms with Gasteiger partial charge in [0.2, 0.25) is 0 Å². The minimum atomic E-state index is -0.726. The zero-order valence-corrected chi connectivity index (χ0v) is 20.9. The largest absolute Gasteiger partial charge is 0.490 e. The van der Waals surface area contributed by atoms with Crippen molar-refractivity contribution < 1.29 is 24.2 Å². The Morgan fingerprint density at radius 3 is 2.34 bits per heavy atom. The first-order valence-corrected chi connectivity index (χ1v) is 12.9. The van der Waals surface area contributed by atoms with E-state index in [1.54, 1.807) is 12.1 Å². The Balaban J connectivity index is 1.29. The van der Waals surface area contributed by atoms with E-state index in [4.69, 9.17) is 27.9 Å². The molecule has 2 fully saturated rings. The number of benzene rings is 2. The van der Waals surface area contributed by atoms with Crippen molar-refractivity contribution in [3.05, 3.63) is 63.1 Å². The number of hydrogen-bond donors (Lipinski definition) is 2. The van der Waals surface area contributed by atoms with Gasteiger partial charge in [-0.2, -0.15) is 0 Å². The van der Waals surface area contributed by atoms with Gasteiger partial charge in [0.15, 0.2) is 5.78 Å². The van der Waals surface area contributed by atoms with Crippen LogP contribution in [0.2, 0.25) is 10.0 Å². The Labute approximate surface area is 214 Å². The molecule has 2 N–H and O–H groups in total. The molecule has 0 bridgehead atoms. The summed E-state index contributed by atoms with van der Waals surface area (Å²) in [7, 11) is 0. The number of hydrogen-bond acceptors (Lipinski definition) is 4. The fraction of sp³-hybridized carbons (Fsp3) is 0.444. The molecule has 0 heterocycles. The molecule has 4 rings (SSSR count). The van der Waals surface area contributed by atoms with Crippen molar-refractivity contribution >= 4 is 40.9 Å². The first kappa shape index (κ1) is 25.5. The molecule has 0 spiro atoms. The van der Waals surface area contributed by atoms with Crippen LogP contribution in [0.4, 0.5) is 0 Å². The second-order valence-corrected chi connectivity index (χ2v) is 10.2. The quantitative estimate of drug-likeness (QED) is 0.285. The van der Waals surface area contributed by atoms with Gasteiger partial charge in [-0.1, -0.05) is 23.2 Å². The van der Waals surface area contributed by atoms with Crippen LogP contribution >= 0.6 is 23.2 Å². The Hall–Kier alpha value is -2.57. The van der Waals surface area contributed by atoms with Gasteiger partial charge in [-0.05, 0) is 92.8 Å². The molecule has 0 aliphatic heterocycles. The lowest BCUT2D eigenvalue weighted by Gasteiger charge is -2.27. The summed E-state index contributed by atoms with van der Waals surface area (Å²) in [6, 6.07) is 10.4. The normalized spacial score (nSPS) is 19.7. The molecule has 2 aliphatic carbocycles. The Morgan fingerprint density at radius 2 is 1.69 bits per heavy atom. The number of nitrogens with one attached hydrogen (secondary N) is 1. The molecule has 8 heteroatoms. The average Bonchev–Trinajstić information content (AvgIpc) is 3.69. The highest BCUT2D eigenvalue weighted by Gasteiger charge is 2.30. The molecule has 0 unspecified atom stereocenters. The third-order valence-corrected chi connectivity index (χ3v) is 7.45. The SMILES string of the molecule is O=C(NCCCC(=O)c1ccc(OC2CCC(C(=O)O)CC2)cc1C1CC1)c1ccc(Cl)c(Cl)c1. The number of rotatable bonds is 10. The van der Waals surface area contributed by atoms with E-state index in [9.17, 15) is 19.5 Å². The summed E-state index contributed by atoms with van der Waals surface area (Å²) in [5.41, 5.74) is 2.19. The number of ether oxygens (including phenoxy) is 1. The molecule has 2 saturated carbocycles. The van der Waals surface area contributed by atoms with Crippen molar-refractivity contribution in [1.29, 1.82) is 0 Å². The summed E-state index contributed by atoms with van der Waals surface area (Å²) < 4.78 is 6.15. The first-order chi connectivity index (χ1) is 16.8. The number of halogens is 2. The van der Waals surface area contributed by atoms with Crippen LogP contribution < -0.4 is 10.1 Å². The molecular weight excluding hydrogens is 489 g/mol. The summed E-state index contributed by atoms with van der Waals surface area (Å²) in [6.45, 7) is 0.379. The zero-order valence-electron chi connectivity index (χ0n) is 19.4. The predicted molar refractivity (Wildman–Crippen MR) is 135 cm³/mol. The van der Waals surface area contributed by atoms with E-state index < -0.39 is 5.97 Å². The minimum absolute atomic E-state index is 0.0123. The first-order valence-electron chi connectivity index (χ1n) is 12.1. The lowest BCUT2D eigenvalue weighted by atomic mass is 9.87. The highest BCUT2D eigenvalue weighted by Crippen LogP contribution is 2.43. The van der Waals surface area contributed by atoms with Gasteiger partial charge in [-0.3, -0.25) is 14.4 Å². The summed E-state index contributed by atoms with van der Waals surface area (Å²) >= 11 is 11.9. The monoisotopic (exact) mass is 517 g/mol. The molecule has 6 nitrogen and oxygen atoms in total. The third-order valence-electron chi connectivity index (χ3n) is 6.71. The Bertz CT molecular complexity index is 1110. The van der Waals surface area contributed by atoms with E-state index >= 15 is 0 Å². The van der Waals surface area contributed by atoms with Gasteiger partial charge in [0.1, 0.15) is 5.75 Å². The van der Waals surface area contributed by atoms with Gasteiger partial charge < -0.3 is 15.2 Å². The molecule has 2 aromatic carbocycles. The van der Waals surface area contributed by atoms with E-state index in [1.807, 2.05) is 18.2 Å². The molecule has 186 valence electrons. The molecule has 2 aliphatic rings. The summed E-state index contributed by atoms with van der Waals surface area (Å²) in [6.07, 6.45) is 5.72. The number of ketones is 1. The van der Waals surface area contributed by atoms with E-state index in [1.165, 1.54) is 6.07 Å².